The van der Waals surface area contributed by atoms with Crippen LogP contribution in [0.3, 0.4) is 0 Å². The van der Waals surface area contributed by atoms with Crippen LogP contribution in [0, 0.1) is 0 Å². The summed E-state index contributed by atoms with van der Waals surface area (Å²) >= 11 is 5.82. The fourth-order valence-electron chi connectivity index (χ4n) is 2.69. The molecule has 0 atom stereocenters. The molecule has 1 aliphatic heterocycles. The van der Waals surface area contributed by atoms with Gasteiger partial charge < -0.3 is 14.6 Å². The number of ether oxygens (including phenoxy) is 1. The maximum Gasteiger partial charge on any atom is 0.270 e. The van der Waals surface area contributed by atoms with Crippen molar-refractivity contribution in [1.82, 2.24) is 14.2 Å². The van der Waals surface area contributed by atoms with E-state index in [4.69, 9.17) is 16.3 Å². The van der Waals surface area contributed by atoms with Crippen molar-refractivity contribution in [2.45, 2.75) is 4.90 Å². The molecule has 2 heterocycles. The highest BCUT2D eigenvalue weighted by Gasteiger charge is 2.30. The van der Waals surface area contributed by atoms with Gasteiger partial charge in [0.05, 0.1) is 17.0 Å². The summed E-state index contributed by atoms with van der Waals surface area (Å²) < 4.78 is 31.8. The summed E-state index contributed by atoms with van der Waals surface area (Å²) in [6, 6.07) is 7.83. The molecule has 0 unspecified atom stereocenters. The number of carbonyl (C=O) groups is 1. The minimum absolute atomic E-state index is 0.187. The molecule has 1 saturated heterocycles. The maximum atomic E-state index is 12.7. The van der Waals surface area contributed by atoms with Crippen molar-refractivity contribution in [2.75, 3.05) is 33.3 Å². The van der Waals surface area contributed by atoms with Crippen molar-refractivity contribution in [3.05, 3.63) is 47.2 Å². The smallest absolute Gasteiger partial charge is 0.270 e. The number of benzene rings is 1. The number of nitrogens with zero attached hydrogens (tertiary/aromatic N) is 2. The van der Waals surface area contributed by atoms with Gasteiger partial charge >= 0.3 is 0 Å². The number of amides is 1. The van der Waals surface area contributed by atoms with Gasteiger partial charge in [0.25, 0.3) is 5.91 Å². The summed E-state index contributed by atoms with van der Waals surface area (Å²) in [4.78, 5) is 17.0. The molecule has 25 heavy (non-hydrogen) atoms. The summed E-state index contributed by atoms with van der Waals surface area (Å²) in [5, 5.41) is 0.462. The van der Waals surface area contributed by atoms with Crippen LogP contribution < -0.4 is 4.74 Å². The van der Waals surface area contributed by atoms with Gasteiger partial charge in [-0.3, -0.25) is 4.79 Å². The number of methoxy groups -OCH3 is 1. The average Bonchev–Trinajstić information content (AvgIpc) is 3.07. The molecule has 0 radical (unpaired) electrons. The van der Waals surface area contributed by atoms with E-state index < -0.39 is 10.0 Å². The SMILES string of the molecule is COc1ccc(S(=O)(=O)N2CCN(C(=O)c3cc(Cl)c[nH]3)CC2)cc1. The summed E-state index contributed by atoms with van der Waals surface area (Å²) in [7, 11) is -2.06. The molecule has 134 valence electrons. The first-order valence-electron chi connectivity index (χ1n) is 7.69. The van der Waals surface area contributed by atoms with E-state index in [0.717, 1.165) is 0 Å². The molecule has 3 rings (SSSR count). The van der Waals surface area contributed by atoms with E-state index in [1.54, 1.807) is 29.3 Å². The van der Waals surface area contributed by atoms with Crippen LogP contribution >= 0.6 is 11.6 Å². The topological polar surface area (TPSA) is 82.7 Å². The number of piperazine rings is 1. The molecule has 1 aromatic carbocycles. The highest BCUT2D eigenvalue weighted by Crippen LogP contribution is 2.21. The lowest BCUT2D eigenvalue weighted by Crippen LogP contribution is -2.50. The lowest BCUT2D eigenvalue weighted by molar-refractivity contribution is 0.0692. The van der Waals surface area contributed by atoms with Gasteiger partial charge in [0.1, 0.15) is 11.4 Å². The molecule has 1 aromatic heterocycles. The van der Waals surface area contributed by atoms with Crippen molar-refractivity contribution in [1.29, 1.82) is 0 Å². The molecule has 7 nitrogen and oxygen atoms in total. The average molecular weight is 384 g/mol. The third-order valence-electron chi connectivity index (χ3n) is 4.10. The molecular formula is C16H18ClN3O4S. The van der Waals surface area contributed by atoms with Crippen molar-refractivity contribution in [3.63, 3.8) is 0 Å². The Morgan fingerprint density at radius 2 is 1.80 bits per heavy atom. The quantitative estimate of drug-likeness (QED) is 0.873. The summed E-state index contributed by atoms with van der Waals surface area (Å²) in [6.07, 6.45) is 1.54. The van der Waals surface area contributed by atoms with Crippen molar-refractivity contribution < 1.29 is 17.9 Å². The molecule has 1 fully saturated rings. The Morgan fingerprint density at radius 3 is 2.32 bits per heavy atom. The van der Waals surface area contributed by atoms with Gasteiger partial charge in [-0.25, -0.2) is 8.42 Å². The van der Waals surface area contributed by atoms with Crippen LogP contribution in [0.1, 0.15) is 10.5 Å². The highest BCUT2D eigenvalue weighted by molar-refractivity contribution is 7.89. The van der Waals surface area contributed by atoms with Crippen LogP contribution in [0.25, 0.3) is 0 Å². The number of carbonyl (C=O) groups excluding carboxylic acids is 1. The third kappa shape index (κ3) is 3.65. The van der Waals surface area contributed by atoms with Crippen LogP contribution in [0.2, 0.25) is 5.02 Å². The van der Waals surface area contributed by atoms with E-state index in [9.17, 15) is 13.2 Å². The number of nitrogens with one attached hydrogen (secondary N) is 1. The second kappa shape index (κ2) is 7.07. The summed E-state index contributed by atoms with van der Waals surface area (Å²) in [5.74, 6) is 0.410. The van der Waals surface area contributed by atoms with Crippen molar-refractivity contribution in [2.24, 2.45) is 0 Å². The number of H-pyrrole nitrogens is 1. The molecule has 0 saturated carbocycles. The third-order valence-corrected chi connectivity index (χ3v) is 6.23. The molecular weight excluding hydrogens is 366 g/mol. The van der Waals surface area contributed by atoms with Gasteiger partial charge in [0, 0.05) is 32.4 Å². The second-order valence-electron chi connectivity index (χ2n) is 5.60. The second-order valence-corrected chi connectivity index (χ2v) is 7.98. The minimum Gasteiger partial charge on any atom is -0.497 e. The standard InChI is InChI=1S/C16H18ClN3O4S/c1-24-13-2-4-14(5-3-13)25(22,23)20-8-6-19(7-9-20)16(21)15-10-12(17)11-18-15/h2-5,10-11,18H,6-9H2,1H3. The number of sulfonamides is 1. The van der Waals surface area contributed by atoms with Crippen molar-refractivity contribution >= 4 is 27.5 Å². The van der Waals surface area contributed by atoms with Gasteiger partial charge in [-0.2, -0.15) is 4.31 Å². The zero-order chi connectivity index (χ0) is 18.0. The molecule has 0 bridgehead atoms. The van der Waals surface area contributed by atoms with Crippen LogP contribution in [0.5, 0.6) is 5.75 Å². The molecule has 0 aliphatic carbocycles. The monoisotopic (exact) mass is 383 g/mol. The lowest BCUT2D eigenvalue weighted by Gasteiger charge is -2.33. The first-order chi connectivity index (χ1) is 11.9. The Balaban J connectivity index is 1.67. The minimum atomic E-state index is -3.59. The number of hydrogen-bond donors (Lipinski definition) is 1. The Morgan fingerprint density at radius 1 is 1.16 bits per heavy atom. The van der Waals surface area contributed by atoms with E-state index in [-0.39, 0.29) is 23.9 Å². The Bertz CT molecular complexity index is 856. The normalized spacial score (nSPS) is 16.0. The predicted molar refractivity (Wildman–Crippen MR) is 93.5 cm³/mol. The van der Waals surface area contributed by atoms with Gasteiger partial charge in [0.15, 0.2) is 0 Å². The van der Waals surface area contributed by atoms with Crippen LogP contribution in [0.15, 0.2) is 41.4 Å². The molecule has 1 N–H and O–H groups in total. The first kappa shape index (κ1) is 17.8. The maximum absolute atomic E-state index is 12.7. The summed E-state index contributed by atoms with van der Waals surface area (Å²) in [5.41, 5.74) is 0.400. The van der Waals surface area contributed by atoms with Gasteiger partial charge in [-0.05, 0) is 30.3 Å². The predicted octanol–water partition coefficient (Wildman–Crippen LogP) is 1.82. The number of rotatable bonds is 4. The Labute approximate surface area is 151 Å². The molecule has 1 aliphatic rings. The highest BCUT2D eigenvalue weighted by atomic mass is 35.5. The number of aromatic nitrogens is 1. The molecule has 1 amide bonds. The van der Waals surface area contributed by atoms with E-state index >= 15 is 0 Å². The zero-order valence-corrected chi connectivity index (χ0v) is 15.2. The lowest BCUT2D eigenvalue weighted by atomic mass is 10.3. The van der Waals surface area contributed by atoms with Gasteiger partial charge in [-0.1, -0.05) is 11.6 Å². The largest absolute Gasteiger partial charge is 0.497 e. The zero-order valence-electron chi connectivity index (χ0n) is 13.6. The van der Waals surface area contributed by atoms with Crippen LogP contribution in [0.4, 0.5) is 0 Å². The van der Waals surface area contributed by atoms with E-state index in [1.165, 1.54) is 23.5 Å². The van der Waals surface area contributed by atoms with Crippen LogP contribution in [-0.2, 0) is 10.0 Å². The fraction of sp³-hybridized carbons (Fsp3) is 0.312. The number of halogens is 1. The molecule has 2 aromatic rings. The van der Waals surface area contributed by atoms with Gasteiger partial charge in [-0.15, -0.1) is 0 Å². The van der Waals surface area contributed by atoms with Crippen LogP contribution in [-0.4, -0.2) is 61.8 Å². The fourth-order valence-corrected chi connectivity index (χ4v) is 4.28. The van der Waals surface area contributed by atoms with E-state index in [0.29, 0.717) is 29.6 Å². The van der Waals surface area contributed by atoms with Gasteiger partial charge in [0.2, 0.25) is 10.0 Å². The van der Waals surface area contributed by atoms with E-state index in [2.05, 4.69) is 4.98 Å². The van der Waals surface area contributed by atoms with Crippen molar-refractivity contribution in [3.8, 4) is 5.75 Å². The Hall–Kier alpha value is -2.03. The number of hydrogen-bond acceptors (Lipinski definition) is 4. The van der Waals surface area contributed by atoms with E-state index in [1.807, 2.05) is 0 Å². The molecule has 9 heteroatoms. The Kier molecular flexibility index (Phi) is 5.03. The summed E-state index contributed by atoms with van der Waals surface area (Å²) in [6.45, 7) is 1.14. The molecule has 0 spiro atoms. The number of aromatic amines is 1. The first-order valence-corrected chi connectivity index (χ1v) is 9.51.